The zero-order chi connectivity index (χ0) is 18.5. The average Bonchev–Trinajstić information content (AvgIpc) is 2.79. The molecule has 0 amide bonds. The summed E-state index contributed by atoms with van der Waals surface area (Å²) in [6, 6.07) is 7.89. The van der Waals surface area contributed by atoms with Crippen LogP contribution in [0.1, 0.15) is 35.4 Å². The Morgan fingerprint density at radius 3 is 2.77 bits per heavy atom. The Balaban J connectivity index is 1.92. The van der Waals surface area contributed by atoms with E-state index in [1.807, 2.05) is 36.4 Å². The summed E-state index contributed by atoms with van der Waals surface area (Å²) in [5.41, 5.74) is 5.43. The maximum atomic E-state index is 6.36. The van der Waals surface area contributed by atoms with Crippen LogP contribution in [-0.2, 0) is 12.8 Å². The predicted octanol–water partition coefficient (Wildman–Crippen LogP) is 5.15. The number of allylic oxidation sites excluding steroid dienone is 2. The fourth-order valence-electron chi connectivity index (χ4n) is 3.69. The summed E-state index contributed by atoms with van der Waals surface area (Å²) in [5.74, 6) is 1.61. The number of hydrogen-bond acceptors (Lipinski definition) is 2. The van der Waals surface area contributed by atoms with Gasteiger partial charge in [-0.1, -0.05) is 30.9 Å². The van der Waals surface area contributed by atoms with E-state index in [2.05, 4.69) is 51.7 Å². The molecular weight excluding hydrogens is 436 g/mol. The second kappa shape index (κ2) is 8.84. The van der Waals surface area contributed by atoms with Crippen LogP contribution in [0.25, 0.3) is 6.08 Å². The number of fused-ring (bicyclic) bond motifs is 1. The summed E-state index contributed by atoms with van der Waals surface area (Å²) >= 11 is 2.32. The molecule has 0 saturated heterocycles. The van der Waals surface area contributed by atoms with Crippen molar-refractivity contribution in [3.63, 3.8) is 0 Å². The van der Waals surface area contributed by atoms with Gasteiger partial charge in [0.25, 0.3) is 0 Å². The van der Waals surface area contributed by atoms with Crippen molar-refractivity contribution in [3.05, 3.63) is 65.5 Å². The number of para-hydroxylation sites is 2. The molecule has 1 aliphatic rings. The number of ether oxygens (including phenoxy) is 2. The lowest BCUT2D eigenvalue weighted by atomic mass is 10.1. The van der Waals surface area contributed by atoms with Crippen LogP contribution in [0.3, 0.4) is 0 Å². The molecule has 2 aromatic rings. The summed E-state index contributed by atoms with van der Waals surface area (Å²) in [7, 11) is 1.69. The Labute approximate surface area is 170 Å². The lowest BCUT2D eigenvalue weighted by Crippen LogP contribution is -2.21. The maximum absolute atomic E-state index is 6.36. The molecule has 1 aromatic heterocycles. The van der Waals surface area contributed by atoms with Crippen molar-refractivity contribution in [1.29, 1.82) is 0 Å². The molecule has 1 atom stereocenters. The van der Waals surface area contributed by atoms with Crippen LogP contribution in [-0.4, -0.2) is 23.0 Å². The van der Waals surface area contributed by atoms with Gasteiger partial charge in [0.1, 0.15) is 6.10 Å². The number of halogens is 1. The van der Waals surface area contributed by atoms with Crippen molar-refractivity contribution in [2.75, 3.05) is 7.11 Å². The SMILES string of the molecule is C=C/C=C\c1c(C)c2c(n1[B]I)CC(Oc1ccccc1OC)CCC2. The number of nitrogens with zero attached hydrogens (tertiary/aromatic N) is 1. The minimum absolute atomic E-state index is 0.146. The van der Waals surface area contributed by atoms with Crippen molar-refractivity contribution in [3.8, 4) is 11.5 Å². The Morgan fingerprint density at radius 1 is 1.31 bits per heavy atom. The van der Waals surface area contributed by atoms with Gasteiger partial charge in [0.05, 0.1) is 7.11 Å². The van der Waals surface area contributed by atoms with Crippen LogP contribution in [0.4, 0.5) is 0 Å². The molecule has 3 rings (SSSR count). The van der Waals surface area contributed by atoms with Gasteiger partial charge in [0, 0.05) is 17.8 Å². The van der Waals surface area contributed by atoms with Crippen LogP contribution in [0.15, 0.2) is 43.0 Å². The topological polar surface area (TPSA) is 23.4 Å². The van der Waals surface area contributed by atoms with E-state index in [0.717, 1.165) is 37.2 Å². The van der Waals surface area contributed by atoms with Gasteiger partial charge >= 0.3 is 5.27 Å². The van der Waals surface area contributed by atoms with Gasteiger partial charge in [-0.05, 0) is 55.5 Å². The lowest BCUT2D eigenvalue weighted by molar-refractivity contribution is 0.183. The van der Waals surface area contributed by atoms with Crippen LogP contribution < -0.4 is 9.47 Å². The van der Waals surface area contributed by atoms with E-state index in [0.29, 0.717) is 0 Å². The first-order valence-electron chi connectivity index (χ1n) is 8.94. The second-order valence-corrected chi connectivity index (χ2v) is 7.04. The van der Waals surface area contributed by atoms with Gasteiger partial charge in [-0.15, -0.1) is 22.4 Å². The molecule has 3 nitrogen and oxygen atoms in total. The van der Waals surface area contributed by atoms with E-state index < -0.39 is 0 Å². The molecule has 1 heterocycles. The van der Waals surface area contributed by atoms with E-state index in [4.69, 9.17) is 9.47 Å². The van der Waals surface area contributed by atoms with E-state index in [1.54, 1.807) is 7.11 Å². The third-order valence-corrected chi connectivity index (χ3v) is 5.52. The van der Waals surface area contributed by atoms with E-state index in [9.17, 15) is 0 Å². The highest BCUT2D eigenvalue weighted by atomic mass is 127. The first-order chi connectivity index (χ1) is 12.7. The first-order valence-corrected chi connectivity index (χ1v) is 10.2. The van der Waals surface area contributed by atoms with Crippen LogP contribution >= 0.6 is 22.4 Å². The van der Waals surface area contributed by atoms with Crippen LogP contribution in [0.5, 0.6) is 11.5 Å². The van der Waals surface area contributed by atoms with Gasteiger partial charge in [0.15, 0.2) is 11.5 Å². The molecular formula is C21H24BINO2. The molecule has 0 saturated carbocycles. The molecule has 0 bridgehead atoms. The Morgan fingerprint density at radius 2 is 2.08 bits per heavy atom. The first kappa shape index (κ1) is 19.1. The summed E-state index contributed by atoms with van der Waals surface area (Å²) in [5, 5.41) is 2.12. The maximum Gasteiger partial charge on any atom is 0.335 e. The number of aromatic nitrogens is 1. The minimum atomic E-state index is 0.146. The number of rotatable bonds is 6. The number of methoxy groups -OCH3 is 1. The molecule has 1 aromatic carbocycles. The summed E-state index contributed by atoms with van der Waals surface area (Å²) < 4.78 is 14.1. The molecule has 1 unspecified atom stereocenters. The fraction of sp³-hybridized carbons (Fsp3) is 0.333. The molecule has 135 valence electrons. The number of benzene rings is 1. The molecule has 1 radical (unpaired) electrons. The zero-order valence-electron chi connectivity index (χ0n) is 15.4. The van der Waals surface area contributed by atoms with Crippen LogP contribution in [0.2, 0.25) is 0 Å². The molecule has 1 aliphatic carbocycles. The third kappa shape index (κ3) is 3.87. The summed E-state index contributed by atoms with van der Waals surface area (Å²) in [6.45, 7) is 6.01. The van der Waals surface area contributed by atoms with E-state index in [-0.39, 0.29) is 6.10 Å². The van der Waals surface area contributed by atoms with Crippen molar-refractivity contribution < 1.29 is 9.47 Å². The highest BCUT2D eigenvalue weighted by Crippen LogP contribution is 2.33. The van der Waals surface area contributed by atoms with Crippen molar-refractivity contribution in [1.82, 2.24) is 4.48 Å². The van der Waals surface area contributed by atoms with Gasteiger partial charge in [-0.2, -0.15) is 0 Å². The second-order valence-electron chi connectivity index (χ2n) is 6.48. The molecule has 0 fully saturated rings. The standard InChI is InChI=1S/C21H24BINO2/c1-4-5-11-18-15(2)17-10-8-9-16(14-19(17)24(18)22-23)26-21-13-7-6-12-20(21)25-3/h4-7,11-13,16H,1,8-10,14H2,2-3H3/b11-5-. The highest BCUT2D eigenvalue weighted by molar-refractivity contribution is 14.1. The lowest BCUT2D eigenvalue weighted by Gasteiger charge is -2.20. The molecule has 0 aliphatic heterocycles. The van der Waals surface area contributed by atoms with E-state index in [1.165, 1.54) is 22.5 Å². The Hall–Kier alpha value is -1.63. The van der Waals surface area contributed by atoms with Gasteiger partial charge in [-0.25, -0.2) is 0 Å². The Bertz CT molecular complexity index is 813. The minimum Gasteiger partial charge on any atom is -0.493 e. The monoisotopic (exact) mass is 460 g/mol. The van der Waals surface area contributed by atoms with Gasteiger partial charge in [0.2, 0.25) is 0 Å². The molecule has 5 heteroatoms. The zero-order valence-corrected chi connectivity index (χ0v) is 17.5. The van der Waals surface area contributed by atoms with Crippen molar-refractivity contribution >= 4 is 33.7 Å². The predicted molar refractivity (Wildman–Crippen MR) is 118 cm³/mol. The number of hydrogen-bond donors (Lipinski definition) is 0. The highest BCUT2D eigenvalue weighted by Gasteiger charge is 2.25. The fourth-order valence-corrected chi connectivity index (χ4v) is 4.33. The van der Waals surface area contributed by atoms with Crippen molar-refractivity contribution in [2.24, 2.45) is 0 Å². The van der Waals surface area contributed by atoms with Crippen molar-refractivity contribution in [2.45, 2.75) is 38.7 Å². The molecule has 0 spiro atoms. The molecule has 26 heavy (non-hydrogen) atoms. The average molecular weight is 460 g/mol. The molecule has 0 N–H and O–H groups in total. The Kier molecular flexibility index (Phi) is 6.51. The van der Waals surface area contributed by atoms with Crippen LogP contribution in [0, 0.1) is 6.92 Å². The third-order valence-electron chi connectivity index (χ3n) is 4.96. The summed E-state index contributed by atoms with van der Waals surface area (Å²) in [6.07, 6.45) is 10.3. The quantitative estimate of drug-likeness (QED) is 0.258. The largest absolute Gasteiger partial charge is 0.493 e. The summed E-state index contributed by atoms with van der Waals surface area (Å²) in [4.78, 5) is 0. The van der Waals surface area contributed by atoms with Gasteiger partial charge < -0.3 is 14.0 Å². The normalized spacial score (nSPS) is 16.8. The smallest absolute Gasteiger partial charge is 0.335 e. The van der Waals surface area contributed by atoms with E-state index >= 15 is 0 Å². The van der Waals surface area contributed by atoms with Gasteiger partial charge in [-0.3, -0.25) is 0 Å².